The van der Waals surface area contributed by atoms with Gasteiger partial charge in [-0.25, -0.2) is 4.39 Å². The highest BCUT2D eigenvalue weighted by molar-refractivity contribution is 6.05. The first-order chi connectivity index (χ1) is 11.6. The van der Waals surface area contributed by atoms with Crippen LogP contribution in [0, 0.1) is 23.1 Å². The van der Waals surface area contributed by atoms with Gasteiger partial charge in [0.15, 0.2) is 0 Å². The second kappa shape index (κ2) is 6.50. The molecule has 1 aliphatic rings. The van der Waals surface area contributed by atoms with Crippen LogP contribution in [0.25, 0.3) is 0 Å². The molecule has 2 aromatic carbocycles. The van der Waals surface area contributed by atoms with Crippen LogP contribution in [0.15, 0.2) is 42.5 Å². The molecule has 3 rings (SSSR count). The molecule has 24 heavy (non-hydrogen) atoms. The van der Waals surface area contributed by atoms with Gasteiger partial charge in [-0.05, 0) is 49.2 Å². The van der Waals surface area contributed by atoms with Crippen molar-refractivity contribution < 1.29 is 14.0 Å². The van der Waals surface area contributed by atoms with E-state index in [2.05, 4.69) is 10.6 Å². The first kappa shape index (κ1) is 15.7. The number of amides is 2. The number of rotatable bonds is 4. The molecule has 0 unspecified atom stereocenters. The smallest absolute Gasteiger partial charge is 0.255 e. The summed E-state index contributed by atoms with van der Waals surface area (Å²) >= 11 is 0. The lowest BCUT2D eigenvalue weighted by molar-refractivity contribution is -0.117. The average Bonchev–Trinajstić information content (AvgIpc) is 3.43. The number of nitriles is 1. The Kier molecular flexibility index (Phi) is 4.25. The summed E-state index contributed by atoms with van der Waals surface area (Å²) in [7, 11) is 0. The van der Waals surface area contributed by atoms with Gasteiger partial charge in [-0.2, -0.15) is 5.26 Å². The average molecular weight is 323 g/mol. The van der Waals surface area contributed by atoms with E-state index in [1.165, 1.54) is 24.3 Å². The molecule has 6 heteroatoms. The number of halogens is 1. The van der Waals surface area contributed by atoms with Crippen molar-refractivity contribution in [3.05, 3.63) is 59.4 Å². The second-order valence-electron chi connectivity index (χ2n) is 5.60. The van der Waals surface area contributed by atoms with Crippen molar-refractivity contribution in [2.45, 2.75) is 12.8 Å². The lowest BCUT2D eigenvalue weighted by atomic mass is 10.1. The van der Waals surface area contributed by atoms with Crippen LogP contribution in [0.1, 0.15) is 28.8 Å². The van der Waals surface area contributed by atoms with Gasteiger partial charge >= 0.3 is 0 Å². The molecule has 2 N–H and O–H groups in total. The largest absolute Gasteiger partial charge is 0.323 e. The van der Waals surface area contributed by atoms with E-state index in [9.17, 15) is 14.0 Å². The monoisotopic (exact) mass is 323 g/mol. The highest BCUT2D eigenvalue weighted by Crippen LogP contribution is 2.31. The zero-order valence-corrected chi connectivity index (χ0v) is 12.7. The zero-order valence-electron chi connectivity index (χ0n) is 12.7. The van der Waals surface area contributed by atoms with Crippen molar-refractivity contribution in [3.8, 4) is 6.07 Å². The zero-order chi connectivity index (χ0) is 17.1. The number of benzene rings is 2. The minimum Gasteiger partial charge on any atom is -0.323 e. The van der Waals surface area contributed by atoms with Gasteiger partial charge < -0.3 is 10.6 Å². The quantitative estimate of drug-likeness (QED) is 0.905. The molecule has 5 nitrogen and oxygen atoms in total. The highest BCUT2D eigenvalue weighted by Gasteiger charge is 2.30. The molecule has 0 bridgehead atoms. The van der Waals surface area contributed by atoms with Crippen LogP contribution in [0.3, 0.4) is 0 Å². The molecule has 0 aliphatic heterocycles. The Morgan fingerprint density at radius 1 is 1.12 bits per heavy atom. The first-order valence-corrected chi connectivity index (χ1v) is 7.49. The molecule has 0 heterocycles. The molecule has 1 fully saturated rings. The summed E-state index contributed by atoms with van der Waals surface area (Å²) in [4.78, 5) is 24.0. The molecule has 0 radical (unpaired) electrons. The fourth-order valence-electron chi connectivity index (χ4n) is 2.21. The molecule has 0 spiro atoms. The summed E-state index contributed by atoms with van der Waals surface area (Å²) in [6.45, 7) is 0. The van der Waals surface area contributed by atoms with Crippen molar-refractivity contribution in [2.24, 2.45) is 5.92 Å². The second-order valence-corrected chi connectivity index (χ2v) is 5.60. The highest BCUT2D eigenvalue weighted by atomic mass is 19.1. The molecule has 2 aromatic rings. The number of carbonyl (C=O) groups excluding carboxylic acids is 2. The summed E-state index contributed by atoms with van der Waals surface area (Å²) in [5, 5.41) is 14.0. The standard InChI is InChI=1S/C18H14FN3O2/c19-15-7-6-14(9-16(15)22-17(23)12-4-5-12)21-18(24)13-3-1-2-11(8-13)10-20/h1-3,6-9,12H,4-5H2,(H,21,24)(H,22,23). The summed E-state index contributed by atoms with van der Waals surface area (Å²) in [6.07, 6.45) is 1.64. The number of anilines is 2. The predicted molar refractivity (Wildman–Crippen MR) is 86.9 cm³/mol. The fourth-order valence-corrected chi connectivity index (χ4v) is 2.21. The van der Waals surface area contributed by atoms with Gasteiger partial charge in [0.1, 0.15) is 5.82 Å². The Balaban J connectivity index is 1.75. The molecule has 0 aromatic heterocycles. The molecule has 1 saturated carbocycles. The van der Waals surface area contributed by atoms with E-state index in [0.717, 1.165) is 12.8 Å². The van der Waals surface area contributed by atoms with Gasteiger partial charge in [0, 0.05) is 17.2 Å². The maximum atomic E-state index is 13.8. The lowest BCUT2D eigenvalue weighted by Crippen LogP contribution is -2.16. The lowest BCUT2D eigenvalue weighted by Gasteiger charge is -2.10. The molecular formula is C18H14FN3O2. The van der Waals surface area contributed by atoms with Crippen LogP contribution in [0.2, 0.25) is 0 Å². The van der Waals surface area contributed by atoms with E-state index in [4.69, 9.17) is 5.26 Å². The van der Waals surface area contributed by atoms with E-state index >= 15 is 0 Å². The summed E-state index contributed by atoms with van der Waals surface area (Å²) < 4.78 is 13.8. The summed E-state index contributed by atoms with van der Waals surface area (Å²) in [5.41, 5.74) is 1.09. The Morgan fingerprint density at radius 3 is 2.62 bits per heavy atom. The number of hydrogen-bond donors (Lipinski definition) is 2. The normalized spacial score (nSPS) is 13.0. The van der Waals surface area contributed by atoms with E-state index in [-0.39, 0.29) is 17.5 Å². The van der Waals surface area contributed by atoms with Gasteiger partial charge in [-0.15, -0.1) is 0 Å². The Bertz CT molecular complexity index is 854. The SMILES string of the molecule is N#Cc1cccc(C(=O)Nc2ccc(F)c(NC(=O)C3CC3)c2)c1. The van der Waals surface area contributed by atoms with Crippen LogP contribution in [-0.4, -0.2) is 11.8 Å². The predicted octanol–water partition coefficient (Wildman–Crippen LogP) is 3.30. The van der Waals surface area contributed by atoms with Crippen molar-refractivity contribution in [3.63, 3.8) is 0 Å². The van der Waals surface area contributed by atoms with Crippen LogP contribution in [0.5, 0.6) is 0 Å². The molecule has 2 amide bonds. The van der Waals surface area contributed by atoms with Crippen LogP contribution < -0.4 is 10.6 Å². The van der Waals surface area contributed by atoms with Crippen molar-refractivity contribution in [1.82, 2.24) is 0 Å². The van der Waals surface area contributed by atoms with Gasteiger partial charge in [0.2, 0.25) is 5.91 Å². The Morgan fingerprint density at radius 2 is 1.92 bits per heavy atom. The van der Waals surface area contributed by atoms with Gasteiger partial charge in [-0.1, -0.05) is 6.07 Å². The Hall–Kier alpha value is -3.20. The minimum absolute atomic E-state index is 0.0375. The van der Waals surface area contributed by atoms with E-state index in [1.54, 1.807) is 18.2 Å². The maximum absolute atomic E-state index is 13.8. The molecule has 1 aliphatic carbocycles. The molecular weight excluding hydrogens is 309 g/mol. The number of nitrogens with one attached hydrogen (secondary N) is 2. The van der Waals surface area contributed by atoms with Crippen molar-refractivity contribution >= 4 is 23.2 Å². The maximum Gasteiger partial charge on any atom is 0.255 e. The summed E-state index contributed by atoms with van der Waals surface area (Å²) in [6, 6.07) is 12.2. The van der Waals surface area contributed by atoms with Crippen LogP contribution >= 0.6 is 0 Å². The van der Waals surface area contributed by atoms with Gasteiger partial charge in [0.05, 0.1) is 17.3 Å². The fraction of sp³-hybridized carbons (Fsp3) is 0.167. The number of nitrogens with zero attached hydrogens (tertiary/aromatic N) is 1. The van der Waals surface area contributed by atoms with Crippen LogP contribution in [-0.2, 0) is 4.79 Å². The van der Waals surface area contributed by atoms with E-state index < -0.39 is 11.7 Å². The Labute approximate surface area is 138 Å². The summed E-state index contributed by atoms with van der Waals surface area (Å²) in [5.74, 6) is -1.23. The minimum atomic E-state index is -0.562. The molecule has 120 valence electrons. The third-order valence-corrected chi connectivity index (χ3v) is 3.68. The number of hydrogen-bond acceptors (Lipinski definition) is 3. The third-order valence-electron chi connectivity index (χ3n) is 3.68. The van der Waals surface area contributed by atoms with Crippen molar-refractivity contribution in [1.29, 1.82) is 5.26 Å². The third kappa shape index (κ3) is 3.58. The van der Waals surface area contributed by atoms with E-state index in [0.29, 0.717) is 16.8 Å². The topological polar surface area (TPSA) is 82.0 Å². The van der Waals surface area contributed by atoms with Gasteiger partial charge in [-0.3, -0.25) is 9.59 Å². The van der Waals surface area contributed by atoms with Crippen LogP contribution in [0.4, 0.5) is 15.8 Å². The molecule has 0 atom stereocenters. The van der Waals surface area contributed by atoms with Gasteiger partial charge in [0.25, 0.3) is 5.91 Å². The molecule has 0 saturated heterocycles. The number of carbonyl (C=O) groups is 2. The van der Waals surface area contributed by atoms with E-state index in [1.807, 2.05) is 6.07 Å². The first-order valence-electron chi connectivity index (χ1n) is 7.49. The van der Waals surface area contributed by atoms with Crippen molar-refractivity contribution in [2.75, 3.05) is 10.6 Å².